The third-order valence-electron chi connectivity index (χ3n) is 3.67. The highest BCUT2D eigenvalue weighted by Crippen LogP contribution is 2.30. The Bertz CT molecular complexity index is 613. The summed E-state index contributed by atoms with van der Waals surface area (Å²) in [4.78, 5) is 4.83. The van der Waals surface area contributed by atoms with Crippen molar-refractivity contribution in [3.63, 3.8) is 0 Å². The molecule has 0 radical (unpaired) electrons. The molecule has 0 saturated carbocycles. The van der Waals surface area contributed by atoms with Gasteiger partial charge in [-0.05, 0) is 42.2 Å². The van der Waals surface area contributed by atoms with Crippen molar-refractivity contribution < 1.29 is 4.74 Å². The summed E-state index contributed by atoms with van der Waals surface area (Å²) in [6, 6.07) is 17.0. The van der Waals surface area contributed by atoms with E-state index in [1.54, 1.807) is 7.11 Å². The lowest BCUT2D eigenvalue weighted by molar-refractivity contribution is 0.414. The zero-order valence-corrected chi connectivity index (χ0v) is 11.3. The van der Waals surface area contributed by atoms with Crippen molar-refractivity contribution in [2.75, 3.05) is 7.11 Å². The van der Waals surface area contributed by atoms with Crippen LogP contribution in [0.15, 0.2) is 53.5 Å². The molecule has 1 aliphatic rings. The minimum Gasteiger partial charge on any atom is -0.497 e. The number of hydrogen-bond acceptors (Lipinski definition) is 2. The van der Waals surface area contributed by atoms with Gasteiger partial charge >= 0.3 is 0 Å². The van der Waals surface area contributed by atoms with Crippen LogP contribution in [0.3, 0.4) is 0 Å². The minimum atomic E-state index is 0.223. The van der Waals surface area contributed by atoms with Crippen LogP contribution in [0, 0.1) is 0 Å². The minimum absolute atomic E-state index is 0.223. The van der Waals surface area contributed by atoms with Crippen molar-refractivity contribution in [2.45, 2.75) is 19.4 Å². The Balaban J connectivity index is 1.94. The van der Waals surface area contributed by atoms with E-state index < -0.39 is 0 Å². The first-order valence-corrected chi connectivity index (χ1v) is 6.54. The molecule has 96 valence electrons. The van der Waals surface area contributed by atoms with Gasteiger partial charge in [0.15, 0.2) is 0 Å². The molecule has 0 bridgehead atoms. The molecule has 2 aromatic rings. The molecule has 0 amide bonds. The molecule has 3 rings (SSSR count). The highest BCUT2D eigenvalue weighted by Gasteiger charge is 2.19. The van der Waals surface area contributed by atoms with E-state index in [2.05, 4.69) is 43.3 Å². The molecule has 0 aliphatic carbocycles. The zero-order valence-electron chi connectivity index (χ0n) is 11.3. The molecule has 0 spiro atoms. The normalized spacial score (nSPS) is 17.6. The molecule has 0 fully saturated rings. The van der Waals surface area contributed by atoms with E-state index in [0.29, 0.717) is 0 Å². The molecule has 19 heavy (non-hydrogen) atoms. The Labute approximate surface area is 113 Å². The maximum atomic E-state index is 5.20. The van der Waals surface area contributed by atoms with Gasteiger partial charge in [-0.1, -0.05) is 36.4 Å². The lowest BCUT2D eigenvalue weighted by atomic mass is 9.91. The fourth-order valence-electron chi connectivity index (χ4n) is 2.63. The number of nitrogens with zero attached hydrogens (tertiary/aromatic N) is 1. The molecule has 2 nitrogen and oxygen atoms in total. The first kappa shape index (κ1) is 12.0. The largest absolute Gasteiger partial charge is 0.497 e. The summed E-state index contributed by atoms with van der Waals surface area (Å²) in [7, 11) is 1.69. The quantitative estimate of drug-likeness (QED) is 0.795. The first-order valence-electron chi connectivity index (χ1n) is 6.54. The zero-order chi connectivity index (χ0) is 13.2. The van der Waals surface area contributed by atoms with Gasteiger partial charge in [-0.3, -0.25) is 4.99 Å². The first-order chi connectivity index (χ1) is 9.28. The fourth-order valence-corrected chi connectivity index (χ4v) is 2.63. The molecule has 1 aliphatic heterocycles. The van der Waals surface area contributed by atoms with Gasteiger partial charge in [-0.25, -0.2) is 0 Å². The van der Waals surface area contributed by atoms with Crippen molar-refractivity contribution >= 4 is 5.71 Å². The molecule has 1 atom stereocenters. The highest BCUT2D eigenvalue weighted by atomic mass is 16.5. The number of ether oxygens (including phenoxy) is 1. The Morgan fingerprint density at radius 3 is 2.53 bits per heavy atom. The summed E-state index contributed by atoms with van der Waals surface area (Å²) in [5.74, 6) is 0.890. The van der Waals surface area contributed by atoms with E-state index >= 15 is 0 Å². The SMILES string of the molecule is COc1ccc([C@H]2Cc3ccccc3C(C)=N2)cc1. The number of aliphatic imine (C=N–C) groups is 1. The van der Waals surface area contributed by atoms with Crippen LogP contribution in [-0.2, 0) is 6.42 Å². The van der Waals surface area contributed by atoms with E-state index in [0.717, 1.165) is 17.9 Å². The highest BCUT2D eigenvalue weighted by molar-refractivity contribution is 6.00. The summed E-state index contributed by atoms with van der Waals surface area (Å²) in [5.41, 5.74) is 5.04. The topological polar surface area (TPSA) is 21.6 Å². The van der Waals surface area contributed by atoms with Gasteiger partial charge < -0.3 is 4.74 Å². The van der Waals surface area contributed by atoms with E-state index in [1.165, 1.54) is 16.7 Å². The van der Waals surface area contributed by atoms with Crippen LogP contribution in [0.2, 0.25) is 0 Å². The van der Waals surface area contributed by atoms with Gasteiger partial charge in [0.2, 0.25) is 0 Å². The molecule has 1 heterocycles. The summed E-state index contributed by atoms with van der Waals surface area (Å²) < 4.78 is 5.20. The summed E-state index contributed by atoms with van der Waals surface area (Å²) in [5, 5.41) is 0. The number of rotatable bonds is 2. The lowest BCUT2D eigenvalue weighted by Crippen LogP contribution is -2.13. The average Bonchev–Trinajstić information content (AvgIpc) is 2.47. The average molecular weight is 251 g/mol. The predicted molar refractivity (Wildman–Crippen MR) is 78.1 cm³/mol. The molecule has 2 heteroatoms. The van der Waals surface area contributed by atoms with E-state index in [4.69, 9.17) is 9.73 Å². The molecule has 0 aromatic heterocycles. The van der Waals surface area contributed by atoms with Crippen molar-refractivity contribution in [1.82, 2.24) is 0 Å². The van der Waals surface area contributed by atoms with Crippen LogP contribution >= 0.6 is 0 Å². The standard InChI is InChI=1S/C17H17NO/c1-12-16-6-4-3-5-14(16)11-17(18-12)13-7-9-15(19-2)10-8-13/h3-10,17H,11H2,1-2H3/t17-/m1/s1. The summed E-state index contributed by atoms with van der Waals surface area (Å²) in [6.07, 6.45) is 0.972. The maximum Gasteiger partial charge on any atom is 0.118 e. The van der Waals surface area contributed by atoms with Crippen molar-refractivity contribution in [1.29, 1.82) is 0 Å². The van der Waals surface area contributed by atoms with Gasteiger partial charge in [0.1, 0.15) is 5.75 Å². The molecular weight excluding hydrogens is 234 g/mol. The monoisotopic (exact) mass is 251 g/mol. The Kier molecular flexibility index (Phi) is 3.08. The van der Waals surface area contributed by atoms with E-state index in [9.17, 15) is 0 Å². The molecule has 0 N–H and O–H groups in total. The number of hydrogen-bond donors (Lipinski definition) is 0. The second-order valence-corrected chi connectivity index (χ2v) is 4.86. The van der Waals surface area contributed by atoms with E-state index in [-0.39, 0.29) is 6.04 Å². The Morgan fingerprint density at radius 1 is 1.05 bits per heavy atom. The van der Waals surface area contributed by atoms with Crippen LogP contribution in [0.1, 0.15) is 29.7 Å². The second kappa shape index (κ2) is 4.88. The number of benzene rings is 2. The van der Waals surface area contributed by atoms with Gasteiger partial charge in [0, 0.05) is 5.71 Å². The van der Waals surface area contributed by atoms with Gasteiger partial charge in [-0.15, -0.1) is 0 Å². The van der Waals surface area contributed by atoms with Gasteiger partial charge in [0.25, 0.3) is 0 Å². The third-order valence-corrected chi connectivity index (χ3v) is 3.67. The van der Waals surface area contributed by atoms with Gasteiger partial charge in [0.05, 0.1) is 13.2 Å². The second-order valence-electron chi connectivity index (χ2n) is 4.86. The lowest BCUT2D eigenvalue weighted by Gasteiger charge is -2.22. The smallest absolute Gasteiger partial charge is 0.118 e. The maximum absolute atomic E-state index is 5.20. The fraction of sp³-hybridized carbons (Fsp3) is 0.235. The molecule has 2 aromatic carbocycles. The Morgan fingerprint density at radius 2 is 1.79 bits per heavy atom. The molecule has 0 saturated heterocycles. The number of methoxy groups -OCH3 is 1. The van der Waals surface area contributed by atoms with Crippen molar-refractivity contribution in [3.05, 3.63) is 65.2 Å². The third kappa shape index (κ3) is 2.26. The van der Waals surface area contributed by atoms with Crippen LogP contribution in [-0.4, -0.2) is 12.8 Å². The van der Waals surface area contributed by atoms with E-state index in [1.807, 2.05) is 12.1 Å². The van der Waals surface area contributed by atoms with Crippen LogP contribution < -0.4 is 4.74 Å². The molecular formula is C17H17NO. The van der Waals surface area contributed by atoms with Crippen LogP contribution in [0.25, 0.3) is 0 Å². The van der Waals surface area contributed by atoms with Crippen LogP contribution in [0.4, 0.5) is 0 Å². The number of fused-ring (bicyclic) bond motifs is 1. The molecule has 0 unspecified atom stereocenters. The summed E-state index contributed by atoms with van der Waals surface area (Å²) in [6.45, 7) is 2.09. The van der Waals surface area contributed by atoms with Crippen LogP contribution in [0.5, 0.6) is 5.75 Å². The Hall–Kier alpha value is -2.09. The van der Waals surface area contributed by atoms with Crippen molar-refractivity contribution in [3.8, 4) is 5.75 Å². The summed E-state index contributed by atoms with van der Waals surface area (Å²) >= 11 is 0. The van der Waals surface area contributed by atoms with Crippen molar-refractivity contribution in [2.24, 2.45) is 4.99 Å². The van der Waals surface area contributed by atoms with Gasteiger partial charge in [-0.2, -0.15) is 0 Å². The predicted octanol–water partition coefficient (Wildman–Crippen LogP) is 3.80.